The van der Waals surface area contributed by atoms with Crippen LogP contribution in [0.15, 0.2) is 51.6 Å². The Morgan fingerprint density at radius 3 is 3.00 bits per heavy atom. The van der Waals surface area contributed by atoms with Gasteiger partial charge in [0.15, 0.2) is 5.76 Å². The zero-order valence-corrected chi connectivity index (χ0v) is 11.8. The summed E-state index contributed by atoms with van der Waals surface area (Å²) in [7, 11) is 0. The van der Waals surface area contributed by atoms with Gasteiger partial charge in [-0.25, -0.2) is 0 Å². The number of carbonyl (C=O) groups is 1. The van der Waals surface area contributed by atoms with Crippen molar-refractivity contribution in [3.8, 4) is 0 Å². The number of benzene rings is 1. The molecule has 1 aromatic rings. The number of fused-ring (bicyclic) bond motifs is 1. The topological polar surface area (TPSA) is 38.3 Å². The summed E-state index contributed by atoms with van der Waals surface area (Å²) in [5.41, 5.74) is 1.88. The fraction of sp³-hybridized carbons (Fsp3) is 0.214. The van der Waals surface area contributed by atoms with E-state index in [4.69, 9.17) is 16.3 Å². The minimum Gasteiger partial charge on any atom is -0.490 e. The number of ether oxygens (including phenoxy) is 1. The van der Waals surface area contributed by atoms with Gasteiger partial charge >= 0.3 is 0 Å². The van der Waals surface area contributed by atoms with Crippen molar-refractivity contribution in [3.63, 3.8) is 0 Å². The monoisotopic (exact) mass is 293 g/mol. The van der Waals surface area contributed by atoms with Gasteiger partial charge in [-0.3, -0.25) is 4.79 Å². The fourth-order valence-electron chi connectivity index (χ4n) is 2.05. The molecule has 3 nitrogen and oxygen atoms in total. The summed E-state index contributed by atoms with van der Waals surface area (Å²) < 4.78 is 5.35. The van der Waals surface area contributed by atoms with Crippen molar-refractivity contribution < 1.29 is 9.53 Å². The molecule has 0 aromatic heterocycles. The number of Topliss-reactive ketones (excluding diaryl/α,β-unsaturated/α-hetero) is 1. The Bertz CT molecular complexity index is 609. The van der Waals surface area contributed by atoms with E-state index in [9.17, 15) is 4.79 Å². The second kappa shape index (κ2) is 4.94. The van der Waals surface area contributed by atoms with Crippen LogP contribution in [-0.4, -0.2) is 17.8 Å². The first-order valence-corrected chi connectivity index (χ1v) is 7.27. The van der Waals surface area contributed by atoms with Gasteiger partial charge in [0.05, 0.1) is 18.0 Å². The molecule has 0 spiro atoms. The summed E-state index contributed by atoms with van der Waals surface area (Å²) in [6, 6.07) is 7.94. The number of thioether (sulfide) groups is 1. The van der Waals surface area contributed by atoms with Crippen molar-refractivity contribution in [1.29, 1.82) is 0 Å². The summed E-state index contributed by atoms with van der Waals surface area (Å²) in [6.45, 7) is 2.30. The lowest BCUT2D eigenvalue weighted by atomic mass is 10.1. The highest BCUT2D eigenvalue weighted by atomic mass is 35.5. The van der Waals surface area contributed by atoms with Gasteiger partial charge in [0.25, 0.3) is 0 Å². The molecule has 1 aromatic carbocycles. The molecular formula is C14H12ClNO2S. The van der Waals surface area contributed by atoms with Crippen LogP contribution >= 0.6 is 23.4 Å². The predicted octanol–water partition coefficient (Wildman–Crippen LogP) is 3.53. The van der Waals surface area contributed by atoms with Crippen molar-refractivity contribution in [3.05, 3.63) is 46.7 Å². The number of anilines is 1. The third-order valence-corrected chi connectivity index (χ3v) is 4.72. The van der Waals surface area contributed by atoms with Crippen molar-refractivity contribution >= 4 is 34.8 Å². The first-order chi connectivity index (χ1) is 9.20. The summed E-state index contributed by atoms with van der Waals surface area (Å²) >= 11 is 7.79. The zero-order valence-electron chi connectivity index (χ0n) is 10.3. The number of alkyl halides is 1. The number of halogens is 1. The quantitative estimate of drug-likeness (QED) is 0.847. The molecule has 0 saturated carbocycles. The van der Waals surface area contributed by atoms with E-state index in [0.29, 0.717) is 12.4 Å². The number of nitrogens with one attached hydrogen (secondary N) is 1. The van der Waals surface area contributed by atoms with E-state index in [0.717, 1.165) is 21.2 Å². The van der Waals surface area contributed by atoms with E-state index in [1.807, 2.05) is 31.2 Å². The molecule has 1 unspecified atom stereocenters. The SMILES string of the molecule is CCOC1=CC2=C(Sc3ccccc3N2)C(Cl)C1=O. The molecule has 1 atom stereocenters. The van der Waals surface area contributed by atoms with Crippen molar-refractivity contribution in [2.24, 2.45) is 0 Å². The van der Waals surface area contributed by atoms with E-state index < -0.39 is 5.38 Å². The Kier molecular flexibility index (Phi) is 3.29. The first-order valence-electron chi connectivity index (χ1n) is 6.01. The van der Waals surface area contributed by atoms with Gasteiger partial charge in [-0.2, -0.15) is 0 Å². The van der Waals surface area contributed by atoms with Crippen LogP contribution in [0.3, 0.4) is 0 Å². The summed E-state index contributed by atoms with van der Waals surface area (Å²) in [6.07, 6.45) is 1.74. The average molecular weight is 294 g/mol. The molecule has 0 radical (unpaired) electrons. The Morgan fingerprint density at radius 2 is 2.21 bits per heavy atom. The highest BCUT2D eigenvalue weighted by molar-refractivity contribution is 8.03. The lowest BCUT2D eigenvalue weighted by molar-refractivity contribution is -0.118. The number of rotatable bonds is 2. The van der Waals surface area contributed by atoms with Crippen molar-refractivity contribution in [1.82, 2.24) is 0 Å². The molecular weight excluding hydrogens is 282 g/mol. The van der Waals surface area contributed by atoms with Gasteiger partial charge in [0, 0.05) is 15.9 Å². The fourth-order valence-corrected chi connectivity index (χ4v) is 3.45. The van der Waals surface area contributed by atoms with Crippen LogP contribution in [0.25, 0.3) is 0 Å². The lowest BCUT2D eigenvalue weighted by Crippen LogP contribution is -2.27. The normalized spacial score (nSPS) is 21.3. The number of hydrogen-bond donors (Lipinski definition) is 1. The maximum Gasteiger partial charge on any atom is 0.220 e. The van der Waals surface area contributed by atoms with E-state index in [-0.39, 0.29) is 5.78 Å². The highest BCUT2D eigenvalue weighted by Gasteiger charge is 2.34. The van der Waals surface area contributed by atoms with Crippen LogP contribution in [0.4, 0.5) is 5.69 Å². The van der Waals surface area contributed by atoms with Crippen LogP contribution in [0.1, 0.15) is 6.92 Å². The second-order valence-corrected chi connectivity index (χ2v) is 5.69. The third-order valence-electron chi connectivity index (χ3n) is 2.92. The smallest absolute Gasteiger partial charge is 0.220 e. The van der Waals surface area contributed by atoms with Gasteiger partial charge in [-0.1, -0.05) is 23.9 Å². The van der Waals surface area contributed by atoms with Crippen LogP contribution in [0.2, 0.25) is 0 Å². The number of hydrogen-bond acceptors (Lipinski definition) is 4. The average Bonchev–Trinajstić information content (AvgIpc) is 2.43. The van der Waals surface area contributed by atoms with E-state index >= 15 is 0 Å². The Balaban J connectivity index is 2.01. The van der Waals surface area contributed by atoms with E-state index in [1.165, 1.54) is 11.8 Å². The lowest BCUT2D eigenvalue weighted by Gasteiger charge is -2.28. The highest BCUT2D eigenvalue weighted by Crippen LogP contribution is 2.45. The molecule has 0 bridgehead atoms. The van der Waals surface area contributed by atoms with Gasteiger partial charge in [0.1, 0.15) is 5.38 Å². The number of allylic oxidation sites excluding steroid dienone is 3. The van der Waals surface area contributed by atoms with Gasteiger partial charge in [-0.05, 0) is 19.1 Å². The van der Waals surface area contributed by atoms with E-state index in [2.05, 4.69) is 5.32 Å². The van der Waals surface area contributed by atoms with Crippen molar-refractivity contribution in [2.75, 3.05) is 11.9 Å². The summed E-state index contributed by atoms with van der Waals surface area (Å²) in [5, 5.41) is 2.63. The molecule has 3 rings (SSSR count). The Labute approximate surface area is 120 Å². The molecule has 19 heavy (non-hydrogen) atoms. The van der Waals surface area contributed by atoms with Crippen LogP contribution < -0.4 is 5.32 Å². The second-order valence-electron chi connectivity index (χ2n) is 4.17. The molecule has 98 valence electrons. The molecule has 5 heteroatoms. The van der Waals surface area contributed by atoms with E-state index in [1.54, 1.807) is 6.08 Å². The molecule has 1 heterocycles. The van der Waals surface area contributed by atoms with Gasteiger partial charge < -0.3 is 10.1 Å². The number of para-hydroxylation sites is 1. The minimum absolute atomic E-state index is 0.170. The summed E-state index contributed by atoms with van der Waals surface area (Å²) in [5.74, 6) is 0.157. The molecule has 1 aliphatic carbocycles. The first kappa shape index (κ1) is 12.6. The molecule has 1 aliphatic heterocycles. The van der Waals surface area contributed by atoms with Gasteiger partial charge in [0.2, 0.25) is 5.78 Å². The third kappa shape index (κ3) is 2.15. The molecule has 0 amide bonds. The van der Waals surface area contributed by atoms with Crippen molar-refractivity contribution in [2.45, 2.75) is 17.2 Å². The Morgan fingerprint density at radius 1 is 1.42 bits per heavy atom. The van der Waals surface area contributed by atoms with Crippen LogP contribution in [0, 0.1) is 0 Å². The zero-order chi connectivity index (χ0) is 13.4. The molecule has 0 fully saturated rings. The van der Waals surface area contributed by atoms with Crippen LogP contribution in [0.5, 0.6) is 0 Å². The van der Waals surface area contributed by atoms with Crippen LogP contribution in [-0.2, 0) is 9.53 Å². The Hall–Kier alpha value is -1.39. The number of carbonyl (C=O) groups excluding carboxylic acids is 1. The minimum atomic E-state index is -0.674. The maximum atomic E-state index is 12.1. The largest absolute Gasteiger partial charge is 0.490 e. The molecule has 2 aliphatic rings. The molecule has 0 saturated heterocycles. The standard InChI is InChI=1S/C14H12ClNO2S/c1-2-18-10-7-9-14(12(15)13(10)17)19-11-6-4-3-5-8(11)16-9/h3-7,12,16H,2H2,1H3. The maximum absolute atomic E-state index is 12.1. The van der Waals surface area contributed by atoms with Gasteiger partial charge in [-0.15, -0.1) is 11.6 Å². The predicted molar refractivity (Wildman–Crippen MR) is 77.3 cm³/mol. The molecule has 1 N–H and O–H groups in total. The summed E-state index contributed by atoms with van der Waals surface area (Å²) in [4.78, 5) is 14.0. The number of ketones is 1.